The van der Waals surface area contributed by atoms with Gasteiger partial charge in [-0.15, -0.1) is 0 Å². The van der Waals surface area contributed by atoms with Gasteiger partial charge in [-0.1, -0.05) is 0 Å². The van der Waals surface area contributed by atoms with Crippen molar-refractivity contribution in [2.24, 2.45) is 26.2 Å². The van der Waals surface area contributed by atoms with Crippen molar-refractivity contribution < 1.29 is 0 Å². The summed E-state index contributed by atoms with van der Waals surface area (Å²) in [5.74, 6) is 0.368. The molecule has 0 aromatic carbocycles. The van der Waals surface area contributed by atoms with Crippen LogP contribution in [-0.2, 0) is 27.7 Å². The zero-order chi connectivity index (χ0) is 19.2. The highest BCUT2D eigenvalue weighted by Gasteiger charge is 2.16. The lowest BCUT2D eigenvalue weighted by molar-refractivity contribution is 0.634. The highest BCUT2D eigenvalue weighted by Crippen LogP contribution is 2.14. The van der Waals surface area contributed by atoms with Gasteiger partial charge < -0.3 is 4.57 Å². The molecule has 3 rings (SSSR count). The predicted molar refractivity (Wildman–Crippen MR) is 99.8 cm³/mol. The molecule has 0 amide bonds. The molecule has 0 aliphatic carbocycles. The molecule has 10 nitrogen and oxygen atoms in total. The molecule has 0 unspecified atom stereocenters. The van der Waals surface area contributed by atoms with Crippen LogP contribution in [0.15, 0.2) is 14.7 Å². The first-order chi connectivity index (χ1) is 12.3. The van der Waals surface area contributed by atoms with Gasteiger partial charge in [-0.2, -0.15) is 15.2 Å². The molecule has 138 valence electrons. The molecular weight excluding hydrogens is 336 g/mol. The molecule has 0 atom stereocenters. The zero-order valence-electron chi connectivity index (χ0n) is 15.7. The van der Waals surface area contributed by atoms with Gasteiger partial charge in [0.05, 0.1) is 11.9 Å². The maximum atomic E-state index is 12.4. The number of nitrogens with zero attached hydrogens (tertiary/aromatic N) is 7. The monoisotopic (exact) mass is 358 g/mol. The minimum atomic E-state index is -0.422. The van der Waals surface area contributed by atoms with Crippen LogP contribution >= 0.6 is 0 Å². The van der Waals surface area contributed by atoms with E-state index in [1.165, 1.54) is 11.6 Å². The molecule has 0 saturated heterocycles. The van der Waals surface area contributed by atoms with Crippen LogP contribution in [0.2, 0.25) is 0 Å². The Hall–Kier alpha value is -3.17. The van der Waals surface area contributed by atoms with Gasteiger partial charge in [0.15, 0.2) is 11.2 Å². The summed E-state index contributed by atoms with van der Waals surface area (Å²) in [5, 5.41) is 8.68. The van der Waals surface area contributed by atoms with E-state index in [1.807, 2.05) is 25.5 Å². The Morgan fingerprint density at radius 3 is 2.42 bits per heavy atom. The summed E-state index contributed by atoms with van der Waals surface area (Å²) in [4.78, 5) is 28.8. The van der Waals surface area contributed by atoms with Crippen molar-refractivity contribution in [3.63, 3.8) is 0 Å². The summed E-state index contributed by atoms with van der Waals surface area (Å²) in [6.45, 7) is 6.73. The normalized spacial score (nSPS) is 11.8. The molecule has 0 bridgehead atoms. The second-order valence-electron chi connectivity index (χ2n) is 6.14. The third kappa shape index (κ3) is 2.54. The summed E-state index contributed by atoms with van der Waals surface area (Å²) in [6.07, 6.45) is 1.68. The van der Waals surface area contributed by atoms with E-state index in [-0.39, 0.29) is 0 Å². The van der Waals surface area contributed by atoms with E-state index in [0.717, 1.165) is 28.1 Å². The molecule has 3 heterocycles. The lowest BCUT2D eigenvalue weighted by atomic mass is 10.2. The lowest BCUT2D eigenvalue weighted by Crippen LogP contribution is -2.37. The predicted octanol–water partition coefficient (Wildman–Crippen LogP) is 0.250. The fourth-order valence-electron chi connectivity index (χ4n) is 2.98. The molecule has 0 spiro atoms. The van der Waals surface area contributed by atoms with Gasteiger partial charge in [0.25, 0.3) is 5.56 Å². The second kappa shape index (κ2) is 6.28. The number of hydrogen-bond acceptors (Lipinski definition) is 6. The lowest BCUT2D eigenvalue weighted by Gasteiger charge is -2.03. The first-order valence-corrected chi connectivity index (χ1v) is 8.23. The number of aromatic nitrogens is 6. The Bertz CT molecular complexity index is 1140. The molecule has 0 fully saturated rings. The highest BCUT2D eigenvalue weighted by atomic mass is 16.2. The van der Waals surface area contributed by atoms with Gasteiger partial charge in [-0.25, -0.2) is 10.2 Å². The van der Waals surface area contributed by atoms with Crippen molar-refractivity contribution >= 4 is 23.3 Å². The summed E-state index contributed by atoms with van der Waals surface area (Å²) in [5.41, 5.74) is 5.51. The van der Waals surface area contributed by atoms with Crippen molar-refractivity contribution in [1.29, 1.82) is 0 Å². The summed E-state index contributed by atoms with van der Waals surface area (Å²) in [6, 6.07) is 0. The largest absolute Gasteiger partial charge is 0.332 e. The first kappa shape index (κ1) is 17.6. The number of imidazole rings is 1. The Balaban J connectivity index is 2.01. The van der Waals surface area contributed by atoms with E-state index < -0.39 is 11.2 Å². The molecule has 0 aliphatic heterocycles. The summed E-state index contributed by atoms with van der Waals surface area (Å²) < 4.78 is 5.89. The molecule has 10 heteroatoms. The van der Waals surface area contributed by atoms with Crippen LogP contribution in [0.5, 0.6) is 0 Å². The van der Waals surface area contributed by atoms with Gasteiger partial charge in [-0.05, 0) is 20.8 Å². The van der Waals surface area contributed by atoms with Gasteiger partial charge in [0, 0.05) is 38.9 Å². The van der Waals surface area contributed by atoms with Gasteiger partial charge in [0.1, 0.15) is 0 Å². The van der Waals surface area contributed by atoms with E-state index in [0.29, 0.717) is 17.1 Å². The van der Waals surface area contributed by atoms with Crippen LogP contribution in [0, 0.1) is 13.8 Å². The van der Waals surface area contributed by atoms with Crippen LogP contribution in [0.25, 0.3) is 11.2 Å². The number of hydrazone groups is 1. The average Bonchev–Trinajstić information content (AvgIpc) is 3.09. The van der Waals surface area contributed by atoms with Gasteiger partial charge in [-0.3, -0.25) is 18.6 Å². The maximum Gasteiger partial charge on any atom is 0.332 e. The van der Waals surface area contributed by atoms with E-state index in [4.69, 9.17) is 0 Å². The fourth-order valence-corrected chi connectivity index (χ4v) is 2.98. The van der Waals surface area contributed by atoms with Crippen molar-refractivity contribution in [2.45, 2.75) is 27.3 Å². The van der Waals surface area contributed by atoms with Crippen LogP contribution in [0.3, 0.4) is 0 Å². The van der Waals surface area contributed by atoms with Gasteiger partial charge >= 0.3 is 5.69 Å². The maximum absolute atomic E-state index is 12.4. The first-order valence-electron chi connectivity index (χ1n) is 8.23. The Kier molecular flexibility index (Phi) is 4.26. The molecule has 0 radical (unpaired) electrons. The van der Waals surface area contributed by atoms with E-state index >= 15 is 0 Å². The Morgan fingerprint density at radius 2 is 1.81 bits per heavy atom. The van der Waals surface area contributed by atoms with Crippen LogP contribution in [0.1, 0.15) is 23.9 Å². The number of hydrogen-bond donors (Lipinski definition) is 1. The smallest absolute Gasteiger partial charge is 0.306 e. The molecular formula is C16H22N8O2. The third-order valence-electron chi connectivity index (χ3n) is 4.57. The number of aryl methyl sites for hydroxylation is 4. The average molecular weight is 358 g/mol. The van der Waals surface area contributed by atoms with Gasteiger partial charge in [0.2, 0.25) is 5.95 Å². The van der Waals surface area contributed by atoms with Crippen molar-refractivity contribution in [3.05, 3.63) is 37.8 Å². The molecule has 1 N–H and O–H groups in total. The zero-order valence-corrected chi connectivity index (χ0v) is 15.7. The Labute approximate surface area is 149 Å². The second-order valence-corrected chi connectivity index (χ2v) is 6.14. The molecule has 0 aliphatic rings. The highest BCUT2D eigenvalue weighted by molar-refractivity contribution is 5.83. The molecule has 3 aromatic rings. The van der Waals surface area contributed by atoms with E-state index in [2.05, 4.69) is 20.6 Å². The van der Waals surface area contributed by atoms with Crippen LogP contribution in [-0.4, -0.2) is 34.7 Å². The number of rotatable bonds is 4. The van der Waals surface area contributed by atoms with Crippen LogP contribution in [0.4, 0.5) is 5.95 Å². The van der Waals surface area contributed by atoms with E-state index in [1.54, 1.807) is 24.9 Å². The molecule has 0 saturated carbocycles. The van der Waals surface area contributed by atoms with Crippen molar-refractivity contribution in [2.75, 3.05) is 5.43 Å². The topological polar surface area (TPSA) is 104 Å². The third-order valence-corrected chi connectivity index (χ3v) is 4.57. The number of anilines is 1. The SMILES string of the molecule is CCn1nc(C)c(/C=N/Nc2nc3c(c(=O)n(C)c(=O)n3C)n2C)c1C. The minimum absolute atomic E-state index is 0.310. The summed E-state index contributed by atoms with van der Waals surface area (Å²) >= 11 is 0. The summed E-state index contributed by atoms with van der Waals surface area (Å²) in [7, 11) is 4.72. The Morgan fingerprint density at radius 1 is 1.12 bits per heavy atom. The van der Waals surface area contributed by atoms with Crippen molar-refractivity contribution in [1.82, 2.24) is 28.5 Å². The molecule has 3 aromatic heterocycles. The quantitative estimate of drug-likeness (QED) is 0.532. The fraction of sp³-hybridized carbons (Fsp3) is 0.438. The minimum Gasteiger partial charge on any atom is -0.306 e. The van der Waals surface area contributed by atoms with Crippen LogP contribution < -0.4 is 16.7 Å². The number of fused-ring (bicyclic) bond motifs is 1. The molecule has 26 heavy (non-hydrogen) atoms. The van der Waals surface area contributed by atoms with Crippen molar-refractivity contribution in [3.8, 4) is 0 Å². The number of nitrogens with one attached hydrogen (secondary N) is 1. The van der Waals surface area contributed by atoms with E-state index in [9.17, 15) is 9.59 Å². The standard InChI is InChI=1S/C16H22N8O2/c1-7-24-10(3)11(9(2)20-24)8-17-19-15-18-13-12(21(15)4)14(25)23(6)16(26)22(13)5/h8H,7H2,1-6H3,(H,18,19)/b17-8+.